The minimum Gasteiger partial charge on any atom is -0.481 e. The second kappa shape index (κ2) is 9.56. The van der Waals surface area contributed by atoms with Gasteiger partial charge in [0, 0.05) is 29.8 Å². The Morgan fingerprint density at radius 2 is 1.90 bits per heavy atom. The molecule has 0 saturated carbocycles. The molecule has 5 nitrogen and oxygen atoms in total. The molecule has 0 unspecified atom stereocenters. The van der Waals surface area contributed by atoms with E-state index in [0.717, 1.165) is 29.8 Å². The van der Waals surface area contributed by atoms with Crippen molar-refractivity contribution in [1.82, 2.24) is 9.55 Å². The minimum atomic E-state index is -0.905. The van der Waals surface area contributed by atoms with Crippen LogP contribution in [-0.4, -0.2) is 26.4 Å². The fourth-order valence-electron chi connectivity index (χ4n) is 3.81. The van der Waals surface area contributed by atoms with Crippen LogP contribution >= 0.6 is 11.3 Å². The minimum absolute atomic E-state index is 0.0216. The van der Waals surface area contributed by atoms with E-state index in [4.69, 9.17) is 4.98 Å². The standard InChI is InChI=1S/C24H30N2O3S/c1-15(2)10-18(24(28)29)12-22(27)17-7-8-21-20(11-17)25-23(26(21)14-16(3)4)13-19-6-5-9-30-19/h5-9,11,15-16,18H,10,12-14H2,1-4H3,(H,28,29)/t18-/m1/s1. The van der Waals surface area contributed by atoms with Crippen LogP contribution in [-0.2, 0) is 17.8 Å². The topological polar surface area (TPSA) is 72.2 Å². The molecule has 0 fully saturated rings. The average molecular weight is 427 g/mol. The molecular weight excluding hydrogens is 396 g/mol. The van der Waals surface area contributed by atoms with Gasteiger partial charge >= 0.3 is 5.97 Å². The molecule has 3 rings (SSSR count). The molecule has 2 aromatic heterocycles. The van der Waals surface area contributed by atoms with E-state index in [1.54, 1.807) is 11.3 Å². The molecule has 0 amide bonds. The number of thiophene rings is 1. The Hall–Kier alpha value is -2.47. The van der Waals surface area contributed by atoms with Crippen molar-refractivity contribution >= 4 is 34.1 Å². The Balaban J connectivity index is 1.91. The molecule has 0 aliphatic rings. The van der Waals surface area contributed by atoms with Gasteiger partial charge < -0.3 is 9.67 Å². The van der Waals surface area contributed by atoms with E-state index in [1.165, 1.54) is 4.88 Å². The van der Waals surface area contributed by atoms with Crippen LogP contribution in [0.5, 0.6) is 0 Å². The highest BCUT2D eigenvalue weighted by atomic mass is 32.1. The van der Waals surface area contributed by atoms with Crippen molar-refractivity contribution in [3.63, 3.8) is 0 Å². The quantitative estimate of drug-likeness (QED) is 0.424. The number of ketones is 1. The van der Waals surface area contributed by atoms with Crippen LogP contribution in [0.3, 0.4) is 0 Å². The van der Waals surface area contributed by atoms with Gasteiger partial charge in [0.1, 0.15) is 5.82 Å². The highest BCUT2D eigenvalue weighted by Crippen LogP contribution is 2.25. The van der Waals surface area contributed by atoms with Crippen molar-refractivity contribution in [3.8, 4) is 0 Å². The van der Waals surface area contributed by atoms with Gasteiger partial charge in [0.25, 0.3) is 0 Å². The average Bonchev–Trinajstić information content (AvgIpc) is 3.28. The summed E-state index contributed by atoms with van der Waals surface area (Å²) in [5.74, 6) is 0.00173. The first-order valence-electron chi connectivity index (χ1n) is 10.5. The number of Topliss-reactive ketones (excluding diaryl/α,β-unsaturated/α-hetero) is 1. The Kier molecular flexibility index (Phi) is 7.08. The van der Waals surface area contributed by atoms with Crippen molar-refractivity contribution in [1.29, 1.82) is 0 Å². The zero-order valence-corrected chi connectivity index (χ0v) is 18.9. The van der Waals surface area contributed by atoms with Crippen LogP contribution in [0.4, 0.5) is 0 Å². The first kappa shape index (κ1) is 22.2. The maximum Gasteiger partial charge on any atom is 0.306 e. The maximum atomic E-state index is 12.8. The third-order valence-electron chi connectivity index (χ3n) is 5.15. The summed E-state index contributed by atoms with van der Waals surface area (Å²) in [7, 11) is 0. The Bertz CT molecular complexity index is 1020. The summed E-state index contributed by atoms with van der Waals surface area (Å²) in [5.41, 5.74) is 2.35. The number of imidazole rings is 1. The Labute approximate surface area is 181 Å². The summed E-state index contributed by atoms with van der Waals surface area (Å²) in [6.45, 7) is 9.17. The second-order valence-corrected chi connectivity index (χ2v) is 9.82. The van der Waals surface area contributed by atoms with Crippen LogP contribution in [0, 0.1) is 17.8 Å². The van der Waals surface area contributed by atoms with E-state index in [-0.39, 0.29) is 18.1 Å². The number of fused-ring (bicyclic) bond motifs is 1. The summed E-state index contributed by atoms with van der Waals surface area (Å²) >= 11 is 1.71. The smallest absolute Gasteiger partial charge is 0.306 e. The van der Waals surface area contributed by atoms with Crippen molar-refractivity contribution in [2.24, 2.45) is 17.8 Å². The highest BCUT2D eigenvalue weighted by molar-refractivity contribution is 7.09. The van der Waals surface area contributed by atoms with E-state index in [2.05, 4.69) is 29.9 Å². The predicted molar refractivity (Wildman–Crippen MR) is 121 cm³/mol. The number of carbonyl (C=O) groups excluding carboxylic acids is 1. The Morgan fingerprint density at radius 3 is 2.50 bits per heavy atom. The van der Waals surface area contributed by atoms with Crippen LogP contribution < -0.4 is 0 Å². The van der Waals surface area contributed by atoms with Gasteiger partial charge in [0.15, 0.2) is 5.78 Å². The number of carboxylic acid groups (broad SMARTS) is 1. The van der Waals surface area contributed by atoms with Gasteiger partial charge in [-0.05, 0) is 47.9 Å². The van der Waals surface area contributed by atoms with E-state index < -0.39 is 11.9 Å². The normalized spacial score (nSPS) is 12.7. The number of hydrogen-bond acceptors (Lipinski definition) is 4. The van der Waals surface area contributed by atoms with Crippen molar-refractivity contribution in [3.05, 3.63) is 52.0 Å². The van der Waals surface area contributed by atoms with Gasteiger partial charge in [0.2, 0.25) is 0 Å². The lowest BCUT2D eigenvalue weighted by Gasteiger charge is -2.14. The number of aromatic nitrogens is 2. The van der Waals surface area contributed by atoms with E-state index in [0.29, 0.717) is 17.9 Å². The maximum absolute atomic E-state index is 12.8. The molecule has 6 heteroatoms. The van der Waals surface area contributed by atoms with Crippen LogP contribution in [0.1, 0.15) is 61.6 Å². The van der Waals surface area contributed by atoms with Crippen LogP contribution in [0.25, 0.3) is 11.0 Å². The summed E-state index contributed by atoms with van der Waals surface area (Å²) in [5, 5.41) is 11.5. The van der Waals surface area contributed by atoms with Crippen molar-refractivity contribution in [2.75, 3.05) is 0 Å². The first-order valence-corrected chi connectivity index (χ1v) is 11.4. The molecule has 30 heavy (non-hydrogen) atoms. The fourth-order valence-corrected chi connectivity index (χ4v) is 4.51. The lowest BCUT2D eigenvalue weighted by atomic mass is 9.90. The zero-order chi connectivity index (χ0) is 21.8. The molecular formula is C24H30N2O3S. The number of carbonyl (C=O) groups is 2. The van der Waals surface area contributed by atoms with E-state index >= 15 is 0 Å². The SMILES string of the molecule is CC(C)C[C@H](CC(=O)c1ccc2c(c1)nc(Cc1cccs1)n2CC(C)C)C(=O)O. The lowest BCUT2D eigenvalue weighted by molar-refractivity contribution is -0.142. The summed E-state index contributed by atoms with van der Waals surface area (Å²) < 4.78 is 2.24. The number of nitrogens with zero attached hydrogens (tertiary/aromatic N) is 2. The van der Waals surface area contributed by atoms with Gasteiger partial charge in [0.05, 0.1) is 17.0 Å². The van der Waals surface area contributed by atoms with Crippen LogP contribution in [0.2, 0.25) is 0 Å². The predicted octanol–water partition coefficient (Wildman–Crippen LogP) is 5.66. The fraction of sp³-hybridized carbons (Fsp3) is 0.458. The van der Waals surface area contributed by atoms with Gasteiger partial charge in [-0.15, -0.1) is 11.3 Å². The largest absolute Gasteiger partial charge is 0.481 e. The molecule has 0 aliphatic heterocycles. The molecule has 1 N–H and O–H groups in total. The number of carboxylic acids is 1. The molecule has 3 aromatic rings. The van der Waals surface area contributed by atoms with Crippen molar-refractivity contribution in [2.45, 2.75) is 53.5 Å². The molecule has 0 radical (unpaired) electrons. The van der Waals surface area contributed by atoms with Crippen LogP contribution in [0.15, 0.2) is 35.7 Å². The van der Waals surface area contributed by atoms with E-state index in [9.17, 15) is 14.7 Å². The van der Waals surface area contributed by atoms with Crippen molar-refractivity contribution < 1.29 is 14.7 Å². The molecule has 0 saturated heterocycles. The monoisotopic (exact) mass is 426 g/mol. The van der Waals surface area contributed by atoms with Gasteiger partial charge in [-0.2, -0.15) is 0 Å². The number of hydrogen-bond donors (Lipinski definition) is 1. The molecule has 0 bridgehead atoms. The molecule has 0 spiro atoms. The number of rotatable bonds is 10. The summed E-state index contributed by atoms with van der Waals surface area (Å²) in [6.07, 6.45) is 1.28. The zero-order valence-electron chi connectivity index (χ0n) is 18.1. The van der Waals surface area contributed by atoms with E-state index in [1.807, 2.05) is 38.1 Å². The Morgan fingerprint density at radius 1 is 1.13 bits per heavy atom. The highest BCUT2D eigenvalue weighted by Gasteiger charge is 2.23. The van der Waals surface area contributed by atoms with Gasteiger partial charge in [-0.3, -0.25) is 9.59 Å². The summed E-state index contributed by atoms with van der Waals surface area (Å²) in [6, 6.07) is 9.74. The van der Waals surface area contributed by atoms with Gasteiger partial charge in [-0.25, -0.2) is 4.98 Å². The lowest BCUT2D eigenvalue weighted by Crippen LogP contribution is -2.20. The first-order chi connectivity index (χ1) is 14.2. The second-order valence-electron chi connectivity index (χ2n) is 8.78. The molecule has 2 heterocycles. The molecule has 160 valence electrons. The van der Waals surface area contributed by atoms with Gasteiger partial charge in [-0.1, -0.05) is 33.8 Å². The third-order valence-corrected chi connectivity index (χ3v) is 6.02. The number of benzene rings is 1. The molecule has 1 atom stereocenters. The number of aliphatic carboxylic acids is 1. The molecule has 1 aromatic carbocycles. The summed E-state index contributed by atoms with van der Waals surface area (Å²) in [4.78, 5) is 30.5. The molecule has 0 aliphatic carbocycles. The third kappa shape index (κ3) is 5.36.